The van der Waals surface area contributed by atoms with Crippen molar-refractivity contribution < 1.29 is 0 Å². The molecule has 0 aromatic carbocycles. The van der Waals surface area contributed by atoms with Gasteiger partial charge in [0, 0.05) is 19.0 Å². The molecule has 0 radical (unpaired) electrons. The second kappa shape index (κ2) is 4.30. The Morgan fingerprint density at radius 1 is 1.16 bits per heavy atom. The highest BCUT2D eigenvalue weighted by atomic mass is 15.3. The third-order valence-corrected chi connectivity index (χ3v) is 5.52. The molecule has 1 aromatic rings. The molecular weight excluding hydrogens is 236 g/mol. The van der Waals surface area contributed by atoms with Gasteiger partial charge in [-0.2, -0.15) is 0 Å². The van der Waals surface area contributed by atoms with Crippen molar-refractivity contribution in [1.29, 1.82) is 0 Å². The van der Waals surface area contributed by atoms with Crippen molar-refractivity contribution in [2.75, 3.05) is 6.54 Å². The van der Waals surface area contributed by atoms with E-state index >= 15 is 0 Å². The van der Waals surface area contributed by atoms with Gasteiger partial charge in [-0.1, -0.05) is 20.3 Å². The molecule has 19 heavy (non-hydrogen) atoms. The van der Waals surface area contributed by atoms with E-state index in [0.717, 1.165) is 24.9 Å². The fraction of sp³-hybridized carbons (Fsp3) is 0.867. The molecule has 1 aliphatic heterocycles. The van der Waals surface area contributed by atoms with Crippen LogP contribution in [0.3, 0.4) is 0 Å². The fourth-order valence-electron chi connectivity index (χ4n) is 4.58. The number of nitrogens with zero attached hydrogens (tertiary/aromatic N) is 3. The smallest absolute Gasteiger partial charge is 0.150 e. The predicted molar refractivity (Wildman–Crippen MR) is 73.8 cm³/mol. The zero-order valence-electron chi connectivity index (χ0n) is 12.0. The van der Waals surface area contributed by atoms with E-state index in [4.69, 9.17) is 0 Å². The van der Waals surface area contributed by atoms with Crippen molar-refractivity contribution in [3.8, 4) is 0 Å². The summed E-state index contributed by atoms with van der Waals surface area (Å²) in [4.78, 5) is 0. The van der Waals surface area contributed by atoms with Crippen LogP contribution in [0.2, 0.25) is 0 Å². The molecule has 4 heteroatoms. The van der Waals surface area contributed by atoms with Gasteiger partial charge in [-0.3, -0.25) is 0 Å². The molecule has 104 valence electrons. The lowest BCUT2D eigenvalue weighted by Crippen LogP contribution is -2.37. The van der Waals surface area contributed by atoms with Crippen LogP contribution in [0, 0.1) is 17.8 Å². The molecular formula is C15H24N4. The lowest BCUT2D eigenvalue weighted by molar-refractivity contribution is 0.324. The molecule has 2 heterocycles. The molecule has 4 atom stereocenters. The Hall–Kier alpha value is -0.900. The van der Waals surface area contributed by atoms with Crippen LogP contribution in [-0.2, 0) is 6.54 Å². The van der Waals surface area contributed by atoms with Gasteiger partial charge < -0.3 is 9.88 Å². The maximum atomic E-state index is 4.60. The second-order valence-corrected chi connectivity index (χ2v) is 7.03. The minimum absolute atomic E-state index is 0.383. The summed E-state index contributed by atoms with van der Waals surface area (Å²) < 4.78 is 2.44. The average Bonchev–Trinajstić information content (AvgIpc) is 3.11. The Kier molecular flexibility index (Phi) is 2.69. The highest BCUT2D eigenvalue weighted by Gasteiger charge is 2.43. The zero-order valence-corrected chi connectivity index (χ0v) is 12.0. The summed E-state index contributed by atoms with van der Waals surface area (Å²) >= 11 is 0. The lowest BCUT2D eigenvalue weighted by Gasteiger charge is -2.29. The highest BCUT2D eigenvalue weighted by molar-refractivity contribution is 5.13. The summed E-state index contributed by atoms with van der Waals surface area (Å²) in [6.45, 7) is 6.63. The Labute approximate surface area is 115 Å². The van der Waals surface area contributed by atoms with E-state index < -0.39 is 0 Å². The number of fused-ring (bicyclic) bond motifs is 3. The summed E-state index contributed by atoms with van der Waals surface area (Å²) in [6.07, 6.45) is 5.68. The van der Waals surface area contributed by atoms with Crippen molar-refractivity contribution in [2.24, 2.45) is 17.8 Å². The van der Waals surface area contributed by atoms with Gasteiger partial charge in [0.2, 0.25) is 0 Å². The first-order valence-corrected chi connectivity index (χ1v) is 7.90. The van der Waals surface area contributed by atoms with Gasteiger partial charge in [-0.05, 0) is 37.0 Å². The number of rotatable bonds is 2. The van der Waals surface area contributed by atoms with Crippen molar-refractivity contribution in [3.05, 3.63) is 11.6 Å². The Bertz CT molecular complexity index is 478. The zero-order chi connectivity index (χ0) is 13.0. The minimum atomic E-state index is 0.383. The first-order chi connectivity index (χ1) is 9.24. The number of aromatic nitrogens is 3. The molecule has 0 amide bonds. The largest absolute Gasteiger partial charge is 0.312 e. The SMILES string of the molecule is CC(C)C1NCCn2c(C3CC4CCC3C4)nnc21. The second-order valence-electron chi connectivity index (χ2n) is 7.03. The van der Waals surface area contributed by atoms with Crippen LogP contribution in [0.25, 0.3) is 0 Å². The van der Waals surface area contributed by atoms with Gasteiger partial charge >= 0.3 is 0 Å². The molecule has 2 fully saturated rings. The predicted octanol–water partition coefficient (Wildman–Crippen LogP) is 2.48. The maximum absolute atomic E-state index is 4.60. The van der Waals surface area contributed by atoms with E-state index in [1.807, 2.05) is 0 Å². The van der Waals surface area contributed by atoms with Gasteiger partial charge in [0.25, 0.3) is 0 Å². The third kappa shape index (κ3) is 1.76. The molecule has 3 aliphatic rings. The van der Waals surface area contributed by atoms with Crippen LogP contribution in [0.1, 0.15) is 63.1 Å². The quantitative estimate of drug-likeness (QED) is 0.888. The van der Waals surface area contributed by atoms with Gasteiger partial charge in [0.05, 0.1) is 6.04 Å². The molecule has 1 aromatic heterocycles. The minimum Gasteiger partial charge on any atom is -0.312 e. The Morgan fingerprint density at radius 2 is 2.00 bits per heavy atom. The molecule has 1 N–H and O–H groups in total. The fourth-order valence-corrected chi connectivity index (χ4v) is 4.58. The van der Waals surface area contributed by atoms with Crippen LogP contribution >= 0.6 is 0 Å². The van der Waals surface area contributed by atoms with Crippen molar-refractivity contribution in [2.45, 2.75) is 58.0 Å². The average molecular weight is 260 g/mol. The summed E-state index contributed by atoms with van der Waals surface area (Å²) in [5, 5.41) is 12.7. The van der Waals surface area contributed by atoms with Gasteiger partial charge in [0.15, 0.2) is 5.82 Å². The van der Waals surface area contributed by atoms with Crippen LogP contribution in [0.15, 0.2) is 0 Å². The molecule has 2 bridgehead atoms. The first-order valence-electron chi connectivity index (χ1n) is 7.90. The van der Waals surface area contributed by atoms with Crippen molar-refractivity contribution >= 4 is 0 Å². The molecule has 4 unspecified atom stereocenters. The van der Waals surface area contributed by atoms with Crippen molar-refractivity contribution in [1.82, 2.24) is 20.1 Å². The normalized spacial score (nSPS) is 37.0. The summed E-state index contributed by atoms with van der Waals surface area (Å²) in [5.74, 6) is 5.63. The standard InChI is InChI=1S/C15H24N4/c1-9(2)13-15-18-17-14(19(15)6-5-16-13)12-8-10-3-4-11(12)7-10/h9-13,16H,3-8H2,1-2H3. The van der Waals surface area contributed by atoms with Crippen LogP contribution in [-0.4, -0.2) is 21.3 Å². The van der Waals surface area contributed by atoms with E-state index in [-0.39, 0.29) is 0 Å². The molecule has 0 spiro atoms. The maximum Gasteiger partial charge on any atom is 0.150 e. The molecule has 2 saturated carbocycles. The Balaban J connectivity index is 1.68. The van der Waals surface area contributed by atoms with E-state index in [1.54, 1.807) is 0 Å². The first kappa shape index (κ1) is 11.9. The van der Waals surface area contributed by atoms with E-state index in [1.165, 1.54) is 37.3 Å². The molecule has 4 rings (SSSR count). The molecule has 0 saturated heterocycles. The van der Waals surface area contributed by atoms with Crippen LogP contribution in [0.5, 0.6) is 0 Å². The third-order valence-electron chi connectivity index (χ3n) is 5.52. The summed E-state index contributed by atoms with van der Waals surface area (Å²) in [5.41, 5.74) is 0. The highest BCUT2D eigenvalue weighted by Crippen LogP contribution is 2.52. The summed E-state index contributed by atoms with van der Waals surface area (Å²) in [6, 6.07) is 0.383. The number of hydrogen-bond acceptors (Lipinski definition) is 3. The van der Waals surface area contributed by atoms with Crippen LogP contribution in [0.4, 0.5) is 0 Å². The molecule has 2 aliphatic carbocycles. The van der Waals surface area contributed by atoms with E-state index in [0.29, 0.717) is 17.9 Å². The summed E-state index contributed by atoms with van der Waals surface area (Å²) in [7, 11) is 0. The number of hydrogen-bond donors (Lipinski definition) is 1. The number of nitrogens with one attached hydrogen (secondary N) is 1. The Morgan fingerprint density at radius 3 is 2.68 bits per heavy atom. The van der Waals surface area contributed by atoms with Gasteiger partial charge in [-0.15, -0.1) is 10.2 Å². The van der Waals surface area contributed by atoms with Gasteiger partial charge in [-0.25, -0.2) is 0 Å². The van der Waals surface area contributed by atoms with E-state index in [9.17, 15) is 0 Å². The van der Waals surface area contributed by atoms with Crippen LogP contribution < -0.4 is 5.32 Å². The lowest BCUT2D eigenvalue weighted by atomic mass is 9.88. The monoisotopic (exact) mass is 260 g/mol. The van der Waals surface area contributed by atoms with Gasteiger partial charge in [0.1, 0.15) is 5.82 Å². The van der Waals surface area contributed by atoms with E-state index in [2.05, 4.69) is 33.9 Å². The van der Waals surface area contributed by atoms with Crippen molar-refractivity contribution in [3.63, 3.8) is 0 Å². The molecule has 4 nitrogen and oxygen atoms in total. The topological polar surface area (TPSA) is 42.7 Å².